The van der Waals surface area contributed by atoms with E-state index in [9.17, 15) is 9.90 Å². The number of hydrogen-bond acceptors (Lipinski definition) is 4. The van der Waals surface area contributed by atoms with Gasteiger partial charge in [0.2, 0.25) is 0 Å². The Bertz CT molecular complexity index is 383. The first-order chi connectivity index (χ1) is 7.59. The smallest absolute Gasteiger partial charge is 0.326 e. The van der Waals surface area contributed by atoms with E-state index in [1.165, 1.54) is 4.88 Å². The number of carboxylic acids is 1. The first-order valence-corrected chi connectivity index (χ1v) is 6.34. The third kappa shape index (κ3) is 2.04. The number of carbonyl (C=O) groups is 1. The van der Waals surface area contributed by atoms with Crippen LogP contribution < -0.4 is 4.90 Å². The minimum Gasteiger partial charge on any atom is -0.480 e. The average molecular weight is 240 g/mol. The van der Waals surface area contributed by atoms with Gasteiger partial charge in [-0.3, -0.25) is 0 Å². The van der Waals surface area contributed by atoms with E-state index >= 15 is 0 Å². The predicted octanol–water partition coefficient (Wildman–Crippen LogP) is 2.20. The normalized spacial score (nSPS) is 21.1. The van der Waals surface area contributed by atoms with Crippen molar-refractivity contribution in [1.82, 2.24) is 4.98 Å². The monoisotopic (exact) mass is 240 g/mol. The lowest BCUT2D eigenvalue weighted by Gasteiger charge is -2.32. The molecule has 0 radical (unpaired) electrons. The molecule has 2 rings (SSSR count). The summed E-state index contributed by atoms with van der Waals surface area (Å²) in [5.74, 6) is -0.731. The first kappa shape index (κ1) is 11.4. The lowest BCUT2D eigenvalue weighted by Crippen LogP contribution is -2.44. The van der Waals surface area contributed by atoms with Crippen LogP contribution >= 0.6 is 11.3 Å². The lowest BCUT2D eigenvalue weighted by molar-refractivity contribution is -0.139. The molecule has 1 saturated heterocycles. The molecule has 88 valence electrons. The highest BCUT2D eigenvalue weighted by Gasteiger charge is 2.30. The Hall–Kier alpha value is -1.10. The second-order valence-electron chi connectivity index (χ2n) is 4.18. The van der Waals surface area contributed by atoms with E-state index in [2.05, 4.69) is 4.98 Å². The lowest BCUT2D eigenvalue weighted by atomic mass is 10.0. The molecule has 0 saturated carbocycles. The third-order valence-corrected chi connectivity index (χ3v) is 4.16. The van der Waals surface area contributed by atoms with E-state index in [1.54, 1.807) is 11.3 Å². The van der Waals surface area contributed by atoms with Gasteiger partial charge in [0, 0.05) is 11.4 Å². The molecule has 16 heavy (non-hydrogen) atoms. The molecule has 2 heterocycles. The standard InChI is InChI=1S/C11H16N2O2S/c1-7-8(2)16-11(12-7)13-6-4-3-5-9(13)10(14)15/h9H,3-6H2,1-2H3,(H,14,15). The maximum Gasteiger partial charge on any atom is 0.326 e. The van der Waals surface area contributed by atoms with Crippen molar-refractivity contribution in [2.45, 2.75) is 39.2 Å². The molecule has 1 N–H and O–H groups in total. The fourth-order valence-electron chi connectivity index (χ4n) is 2.00. The summed E-state index contributed by atoms with van der Waals surface area (Å²) in [6.45, 7) is 4.80. The van der Waals surface area contributed by atoms with Gasteiger partial charge < -0.3 is 10.0 Å². The number of nitrogens with zero attached hydrogens (tertiary/aromatic N) is 2. The fourth-order valence-corrected chi connectivity index (χ4v) is 2.98. The van der Waals surface area contributed by atoms with Crippen LogP contribution in [0, 0.1) is 13.8 Å². The van der Waals surface area contributed by atoms with Crippen LogP contribution in [0.4, 0.5) is 5.13 Å². The minimum atomic E-state index is -0.731. The van der Waals surface area contributed by atoms with Gasteiger partial charge in [-0.2, -0.15) is 0 Å². The van der Waals surface area contributed by atoms with Crippen molar-refractivity contribution in [3.05, 3.63) is 10.6 Å². The van der Waals surface area contributed by atoms with Crippen LogP contribution in [0.2, 0.25) is 0 Å². The van der Waals surface area contributed by atoms with E-state index in [0.717, 1.165) is 36.6 Å². The van der Waals surface area contributed by atoms with E-state index in [1.807, 2.05) is 18.7 Å². The number of carboxylic acid groups (broad SMARTS) is 1. The summed E-state index contributed by atoms with van der Waals surface area (Å²) in [5, 5.41) is 10.0. The predicted molar refractivity (Wildman–Crippen MR) is 64.2 cm³/mol. The summed E-state index contributed by atoms with van der Waals surface area (Å²) in [6.07, 6.45) is 2.78. The molecule has 0 aliphatic carbocycles. The van der Waals surface area contributed by atoms with Crippen LogP contribution in [-0.2, 0) is 4.79 Å². The molecule has 1 atom stereocenters. The summed E-state index contributed by atoms with van der Waals surface area (Å²) < 4.78 is 0. The second-order valence-corrected chi connectivity index (χ2v) is 5.36. The summed E-state index contributed by atoms with van der Waals surface area (Å²) in [4.78, 5) is 18.7. The fraction of sp³-hybridized carbons (Fsp3) is 0.636. The number of hydrogen-bond donors (Lipinski definition) is 1. The van der Waals surface area contributed by atoms with E-state index in [0.29, 0.717) is 0 Å². The second kappa shape index (κ2) is 4.41. The van der Waals surface area contributed by atoms with Crippen LogP contribution in [0.3, 0.4) is 0 Å². The molecule has 1 unspecified atom stereocenters. The molecule has 1 aromatic rings. The topological polar surface area (TPSA) is 53.4 Å². The van der Waals surface area contributed by atoms with Crippen molar-refractivity contribution in [2.75, 3.05) is 11.4 Å². The largest absolute Gasteiger partial charge is 0.480 e. The number of anilines is 1. The Morgan fingerprint density at radius 3 is 2.81 bits per heavy atom. The van der Waals surface area contributed by atoms with Gasteiger partial charge >= 0.3 is 5.97 Å². The summed E-state index contributed by atoms with van der Waals surface area (Å²) in [7, 11) is 0. The molecule has 0 spiro atoms. The van der Waals surface area contributed by atoms with Gasteiger partial charge in [0.1, 0.15) is 6.04 Å². The molecule has 0 bridgehead atoms. The number of thiazole rings is 1. The number of rotatable bonds is 2. The maximum atomic E-state index is 11.2. The van der Waals surface area contributed by atoms with Crippen LogP contribution in [0.15, 0.2) is 0 Å². The minimum absolute atomic E-state index is 0.390. The Kier molecular flexibility index (Phi) is 3.14. The SMILES string of the molecule is Cc1nc(N2CCCCC2C(=O)O)sc1C. The van der Waals surface area contributed by atoms with Gasteiger partial charge in [-0.1, -0.05) is 0 Å². The molecule has 4 nitrogen and oxygen atoms in total. The number of aliphatic carboxylic acids is 1. The molecule has 0 amide bonds. The van der Waals surface area contributed by atoms with Crippen LogP contribution in [0.25, 0.3) is 0 Å². The van der Waals surface area contributed by atoms with E-state index < -0.39 is 12.0 Å². The van der Waals surface area contributed by atoms with Gasteiger partial charge in [-0.15, -0.1) is 11.3 Å². The van der Waals surface area contributed by atoms with Crippen molar-refractivity contribution in [1.29, 1.82) is 0 Å². The number of aromatic nitrogens is 1. The average Bonchev–Trinajstić information content (AvgIpc) is 2.59. The van der Waals surface area contributed by atoms with E-state index in [-0.39, 0.29) is 0 Å². The number of aryl methyl sites for hydroxylation is 2. The highest BCUT2D eigenvalue weighted by atomic mass is 32.1. The summed E-state index contributed by atoms with van der Waals surface area (Å²) in [6, 6.07) is -0.390. The van der Waals surface area contributed by atoms with Gasteiger partial charge in [-0.05, 0) is 33.1 Å². The molecule has 1 fully saturated rings. The quantitative estimate of drug-likeness (QED) is 0.861. The molecule has 1 aliphatic rings. The van der Waals surface area contributed by atoms with Crippen molar-refractivity contribution < 1.29 is 9.90 Å². The van der Waals surface area contributed by atoms with Crippen molar-refractivity contribution in [3.63, 3.8) is 0 Å². The highest BCUT2D eigenvalue weighted by molar-refractivity contribution is 7.15. The molecule has 1 aliphatic heterocycles. The van der Waals surface area contributed by atoms with Gasteiger partial charge in [0.15, 0.2) is 5.13 Å². The van der Waals surface area contributed by atoms with Crippen molar-refractivity contribution in [3.8, 4) is 0 Å². The first-order valence-electron chi connectivity index (χ1n) is 5.53. The van der Waals surface area contributed by atoms with Crippen molar-refractivity contribution >= 4 is 22.4 Å². The molecule has 0 aromatic carbocycles. The van der Waals surface area contributed by atoms with Crippen LogP contribution in [-0.4, -0.2) is 28.6 Å². The third-order valence-electron chi connectivity index (χ3n) is 3.05. The molecular formula is C11H16N2O2S. The zero-order valence-electron chi connectivity index (χ0n) is 9.56. The Labute approximate surface area is 98.9 Å². The van der Waals surface area contributed by atoms with Crippen LogP contribution in [0.5, 0.6) is 0 Å². The summed E-state index contributed by atoms with van der Waals surface area (Å²) >= 11 is 1.59. The zero-order valence-corrected chi connectivity index (χ0v) is 10.4. The molecule has 1 aromatic heterocycles. The van der Waals surface area contributed by atoms with E-state index in [4.69, 9.17) is 0 Å². The van der Waals surface area contributed by atoms with Gasteiger partial charge in [-0.25, -0.2) is 9.78 Å². The van der Waals surface area contributed by atoms with Gasteiger partial charge in [0.25, 0.3) is 0 Å². The number of piperidine rings is 1. The van der Waals surface area contributed by atoms with Crippen molar-refractivity contribution in [2.24, 2.45) is 0 Å². The molecule has 5 heteroatoms. The Morgan fingerprint density at radius 1 is 1.50 bits per heavy atom. The Morgan fingerprint density at radius 2 is 2.25 bits per heavy atom. The van der Waals surface area contributed by atoms with Gasteiger partial charge in [0.05, 0.1) is 5.69 Å². The molecular weight excluding hydrogens is 224 g/mol. The highest BCUT2D eigenvalue weighted by Crippen LogP contribution is 2.30. The van der Waals surface area contributed by atoms with Crippen LogP contribution in [0.1, 0.15) is 29.8 Å². The summed E-state index contributed by atoms with van der Waals surface area (Å²) in [5.41, 5.74) is 1.01. The zero-order chi connectivity index (χ0) is 11.7. The maximum absolute atomic E-state index is 11.2. The Balaban J connectivity index is 2.26.